The zero-order valence-corrected chi connectivity index (χ0v) is 14.7. The Labute approximate surface area is 150 Å². The van der Waals surface area contributed by atoms with Crippen molar-refractivity contribution in [1.29, 1.82) is 0 Å². The Bertz CT molecular complexity index is 695. The average Bonchev–Trinajstić information content (AvgIpc) is 3.05. The summed E-state index contributed by atoms with van der Waals surface area (Å²) in [6.07, 6.45) is 2.95. The maximum Gasteiger partial charge on any atom is 0.227 e. The molecule has 130 valence electrons. The van der Waals surface area contributed by atoms with Gasteiger partial charge in [-0.2, -0.15) is 0 Å². The minimum atomic E-state index is 0.263. The monoisotopic (exact) mass is 334 g/mol. The van der Waals surface area contributed by atoms with Crippen molar-refractivity contribution < 1.29 is 4.79 Å². The first-order valence-corrected chi connectivity index (χ1v) is 9.39. The normalized spacial score (nSPS) is 18.3. The standard InChI is InChI=1S/C22H26N2O/c25-22(16-18-6-2-1-3-7-18)24-12-10-23(11-13-24)17-19-14-20-8-4-5-9-21(20)15-19/h1-9,19H,10-17H2. The Morgan fingerprint density at radius 1 is 0.840 bits per heavy atom. The van der Waals surface area contributed by atoms with Crippen molar-refractivity contribution in [2.24, 2.45) is 5.92 Å². The highest BCUT2D eigenvalue weighted by Gasteiger charge is 2.26. The fourth-order valence-electron chi connectivity index (χ4n) is 4.21. The van der Waals surface area contributed by atoms with E-state index in [9.17, 15) is 4.79 Å². The summed E-state index contributed by atoms with van der Waals surface area (Å²) < 4.78 is 0. The molecule has 2 aromatic rings. The molecule has 0 N–H and O–H groups in total. The number of amides is 1. The van der Waals surface area contributed by atoms with E-state index >= 15 is 0 Å². The van der Waals surface area contributed by atoms with E-state index in [2.05, 4.69) is 29.2 Å². The number of piperazine rings is 1. The van der Waals surface area contributed by atoms with Gasteiger partial charge in [-0.25, -0.2) is 0 Å². The molecule has 0 bridgehead atoms. The summed E-state index contributed by atoms with van der Waals surface area (Å²) >= 11 is 0. The third-order valence-corrected chi connectivity index (χ3v) is 5.58. The van der Waals surface area contributed by atoms with Gasteiger partial charge in [0.25, 0.3) is 0 Å². The number of rotatable bonds is 4. The smallest absolute Gasteiger partial charge is 0.227 e. The van der Waals surface area contributed by atoms with Gasteiger partial charge in [-0.05, 0) is 35.4 Å². The summed E-state index contributed by atoms with van der Waals surface area (Å²) in [6, 6.07) is 18.9. The Morgan fingerprint density at radius 2 is 1.44 bits per heavy atom. The number of benzene rings is 2. The fourth-order valence-corrected chi connectivity index (χ4v) is 4.21. The van der Waals surface area contributed by atoms with E-state index in [0.717, 1.165) is 44.2 Å². The number of hydrogen-bond acceptors (Lipinski definition) is 2. The lowest BCUT2D eigenvalue weighted by atomic mass is 10.1. The lowest BCUT2D eigenvalue weighted by Gasteiger charge is -2.36. The zero-order valence-electron chi connectivity index (χ0n) is 14.7. The first kappa shape index (κ1) is 16.3. The van der Waals surface area contributed by atoms with Crippen molar-refractivity contribution in [3.63, 3.8) is 0 Å². The van der Waals surface area contributed by atoms with Crippen molar-refractivity contribution in [1.82, 2.24) is 9.80 Å². The van der Waals surface area contributed by atoms with Crippen LogP contribution in [-0.2, 0) is 24.1 Å². The van der Waals surface area contributed by atoms with Crippen molar-refractivity contribution >= 4 is 5.91 Å². The lowest BCUT2D eigenvalue weighted by Crippen LogP contribution is -2.50. The minimum absolute atomic E-state index is 0.263. The molecule has 0 unspecified atom stereocenters. The van der Waals surface area contributed by atoms with Crippen LogP contribution in [-0.4, -0.2) is 48.4 Å². The van der Waals surface area contributed by atoms with E-state index in [1.165, 1.54) is 24.0 Å². The largest absolute Gasteiger partial charge is 0.340 e. The highest BCUT2D eigenvalue weighted by atomic mass is 16.2. The molecule has 0 spiro atoms. The highest BCUT2D eigenvalue weighted by Crippen LogP contribution is 2.27. The number of fused-ring (bicyclic) bond motifs is 1. The molecule has 1 fully saturated rings. The first-order valence-electron chi connectivity index (χ1n) is 9.39. The van der Waals surface area contributed by atoms with Crippen LogP contribution < -0.4 is 0 Å². The summed E-state index contributed by atoms with van der Waals surface area (Å²) in [7, 11) is 0. The number of carbonyl (C=O) groups is 1. The minimum Gasteiger partial charge on any atom is -0.340 e. The summed E-state index contributed by atoms with van der Waals surface area (Å²) in [4.78, 5) is 17.1. The highest BCUT2D eigenvalue weighted by molar-refractivity contribution is 5.78. The zero-order chi connectivity index (χ0) is 17.1. The fraction of sp³-hybridized carbons (Fsp3) is 0.409. The van der Waals surface area contributed by atoms with Crippen LogP contribution in [0, 0.1) is 5.92 Å². The predicted octanol–water partition coefficient (Wildman–Crippen LogP) is 2.79. The van der Waals surface area contributed by atoms with Gasteiger partial charge in [0.1, 0.15) is 0 Å². The van der Waals surface area contributed by atoms with Crippen molar-refractivity contribution in [2.45, 2.75) is 19.3 Å². The number of carbonyl (C=O) groups excluding carboxylic acids is 1. The van der Waals surface area contributed by atoms with E-state index < -0.39 is 0 Å². The van der Waals surface area contributed by atoms with Gasteiger partial charge in [-0.15, -0.1) is 0 Å². The van der Waals surface area contributed by atoms with Gasteiger partial charge < -0.3 is 4.90 Å². The molecule has 4 rings (SSSR count). The molecule has 0 radical (unpaired) electrons. The molecule has 1 heterocycles. The Morgan fingerprint density at radius 3 is 2.08 bits per heavy atom. The Balaban J connectivity index is 1.24. The van der Waals surface area contributed by atoms with Crippen LogP contribution in [0.4, 0.5) is 0 Å². The van der Waals surface area contributed by atoms with Gasteiger partial charge in [0.05, 0.1) is 6.42 Å². The third-order valence-electron chi connectivity index (χ3n) is 5.58. The van der Waals surface area contributed by atoms with Gasteiger partial charge >= 0.3 is 0 Å². The van der Waals surface area contributed by atoms with Crippen molar-refractivity contribution in [3.8, 4) is 0 Å². The van der Waals surface area contributed by atoms with Crippen molar-refractivity contribution in [3.05, 3.63) is 71.3 Å². The molecule has 1 amide bonds. The molecule has 0 aromatic heterocycles. The van der Waals surface area contributed by atoms with Crippen LogP contribution in [0.25, 0.3) is 0 Å². The molecule has 25 heavy (non-hydrogen) atoms. The quantitative estimate of drug-likeness (QED) is 0.858. The summed E-state index contributed by atoms with van der Waals surface area (Å²) in [6.45, 7) is 4.91. The van der Waals surface area contributed by atoms with Crippen LogP contribution in [0.1, 0.15) is 16.7 Å². The van der Waals surface area contributed by atoms with E-state index in [4.69, 9.17) is 0 Å². The van der Waals surface area contributed by atoms with Gasteiger partial charge in [-0.3, -0.25) is 9.69 Å². The van der Waals surface area contributed by atoms with Gasteiger partial charge in [0.2, 0.25) is 5.91 Å². The van der Waals surface area contributed by atoms with Crippen LogP contribution in [0.5, 0.6) is 0 Å². The molecule has 3 nitrogen and oxygen atoms in total. The topological polar surface area (TPSA) is 23.6 Å². The third kappa shape index (κ3) is 3.93. The van der Waals surface area contributed by atoms with Gasteiger partial charge in [0.15, 0.2) is 0 Å². The SMILES string of the molecule is O=C(Cc1ccccc1)N1CCN(CC2Cc3ccccc3C2)CC1. The van der Waals surface area contributed by atoms with E-state index in [1.807, 2.05) is 35.2 Å². The second-order valence-electron chi connectivity index (χ2n) is 7.39. The van der Waals surface area contributed by atoms with Crippen LogP contribution in [0.3, 0.4) is 0 Å². The second kappa shape index (κ2) is 7.40. The second-order valence-corrected chi connectivity index (χ2v) is 7.39. The molecule has 0 saturated carbocycles. The Kier molecular flexibility index (Phi) is 4.84. The van der Waals surface area contributed by atoms with E-state index in [0.29, 0.717) is 6.42 Å². The molecule has 0 atom stereocenters. The molecule has 3 heteroatoms. The van der Waals surface area contributed by atoms with Crippen LogP contribution in [0.15, 0.2) is 54.6 Å². The van der Waals surface area contributed by atoms with Crippen LogP contribution in [0.2, 0.25) is 0 Å². The van der Waals surface area contributed by atoms with Crippen LogP contribution >= 0.6 is 0 Å². The summed E-state index contributed by atoms with van der Waals surface area (Å²) in [5.41, 5.74) is 4.17. The van der Waals surface area contributed by atoms with Crippen molar-refractivity contribution in [2.75, 3.05) is 32.7 Å². The van der Waals surface area contributed by atoms with Gasteiger partial charge in [-0.1, -0.05) is 54.6 Å². The molecule has 1 aliphatic carbocycles. The Hall–Kier alpha value is -2.13. The maximum atomic E-state index is 12.5. The van der Waals surface area contributed by atoms with Gasteiger partial charge in [0, 0.05) is 32.7 Å². The predicted molar refractivity (Wildman–Crippen MR) is 101 cm³/mol. The maximum absolute atomic E-state index is 12.5. The molecule has 1 aliphatic heterocycles. The average molecular weight is 334 g/mol. The molecule has 1 saturated heterocycles. The number of hydrogen-bond donors (Lipinski definition) is 0. The molecule has 2 aromatic carbocycles. The summed E-state index contributed by atoms with van der Waals surface area (Å²) in [5.74, 6) is 1.00. The van der Waals surface area contributed by atoms with E-state index in [1.54, 1.807) is 0 Å². The molecular formula is C22H26N2O. The molecular weight excluding hydrogens is 308 g/mol. The lowest BCUT2D eigenvalue weighted by molar-refractivity contribution is -0.132. The van der Waals surface area contributed by atoms with E-state index in [-0.39, 0.29) is 5.91 Å². The number of nitrogens with zero attached hydrogens (tertiary/aromatic N) is 2. The first-order chi connectivity index (χ1) is 12.3. The molecule has 2 aliphatic rings. The summed E-state index contributed by atoms with van der Waals surface area (Å²) in [5, 5.41) is 0.